The molecule has 0 bridgehead atoms. The molecule has 7 nitrogen and oxygen atoms in total. The van der Waals surface area contributed by atoms with Crippen LogP contribution in [0.15, 0.2) is 102 Å². The van der Waals surface area contributed by atoms with Gasteiger partial charge in [0.1, 0.15) is 5.37 Å². The van der Waals surface area contributed by atoms with Crippen molar-refractivity contribution in [3.05, 3.63) is 125 Å². The second kappa shape index (κ2) is 12.2. The van der Waals surface area contributed by atoms with Crippen molar-refractivity contribution < 1.29 is 18.0 Å². The van der Waals surface area contributed by atoms with E-state index in [2.05, 4.69) is 22.2 Å². The summed E-state index contributed by atoms with van der Waals surface area (Å²) in [5.74, 6) is 0.248. The van der Waals surface area contributed by atoms with Gasteiger partial charge in [0.15, 0.2) is 0 Å². The van der Waals surface area contributed by atoms with Gasteiger partial charge in [-0.15, -0.1) is 11.8 Å². The van der Waals surface area contributed by atoms with Gasteiger partial charge < -0.3 is 10.2 Å². The number of nitrogens with one attached hydrogen (secondary N) is 2. The topological polar surface area (TPSA) is 95.6 Å². The van der Waals surface area contributed by atoms with Gasteiger partial charge in [0.2, 0.25) is 5.91 Å². The van der Waals surface area contributed by atoms with Crippen LogP contribution in [-0.2, 0) is 21.2 Å². The van der Waals surface area contributed by atoms with Gasteiger partial charge in [-0.2, -0.15) is 0 Å². The third-order valence-electron chi connectivity index (χ3n) is 7.05. The Kier molecular flexibility index (Phi) is 8.46. The minimum atomic E-state index is -3.79. The van der Waals surface area contributed by atoms with Crippen LogP contribution in [0.3, 0.4) is 0 Å². The number of hydrogen-bond donors (Lipinski definition) is 2. The molecule has 2 amide bonds. The zero-order valence-corrected chi connectivity index (χ0v) is 24.5. The van der Waals surface area contributed by atoms with Crippen LogP contribution >= 0.6 is 11.8 Å². The highest BCUT2D eigenvalue weighted by Crippen LogP contribution is 2.38. The molecule has 0 unspecified atom stereocenters. The first kappa shape index (κ1) is 28.4. The van der Waals surface area contributed by atoms with Gasteiger partial charge >= 0.3 is 0 Å². The zero-order valence-electron chi connectivity index (χ0n) is 22.8. The van der Waals surface area contributed by atoms with E-state index in [1.165, 1.54) is 17.7 Å². The van der Waals surface area contributed by atoms with Crippen LogP contribution in [0.4, 0.5) is 11.4 Å². The number of sulfonamides is 1. The number of carbonyl (C=O) groups is 2. The van der Waals surface area contributed by atoms with Crippen molar-refractivity contribution in [1.29, 1.82) is 0 Å². The van der Waals surface area contributed by atoms with Crippen molar-refractivity contribution >= 4 is 45.0 Å². The van der Waals surface area contributed by atoms with E-state index in [0.717, 1.165) is 23.1 Å². The van der Waals surface area contributed by atoms with Crippen LogP contribution in [0.25, 0.3) is 0 Å². The first-order valence-electron chi connectivity index (χ1n) is 13.3. The number of thioether (sulfide) groups is 1. The van der Waals surface area contributed by atoms with Gasteiger partial charge in [-0.05, 0) is 78.9 Å². The lowest BCUT2D eigenvalue weighted by atomic mass is 10.1. The highest BCUT2D eigenvalue weighted by molar-refractivity contribution is 8.00. The third kappa shape index (κ3) is 6.64. The van der Waals surface area contributed by atoms with Crippen LogP contribution in [0.2, 0.25) is 0 Å². The van der Waals surface area contributed by atoms with E-state index in [-0.39, 0.29) is 22.1 Å². The van der Waals surface area contributed by atoms with E-state index in [1.807, 2.05) is 67.3 Å². The fourth-order valence-electron chi connectivity index (χ4n) is 4.75. The summed E-state index contributed by atoms with van der Waals surface area (Å²) < 4.78 is 28.5. The molecule has 210 valence electrons. The number of carbonyl (C=O) groups excluding carboxylic acids is 2. The van der Waals surface area contributed by atoms with Crippen molar-refractivity contribution in [1.82, 2.24) is 4.90 Å². The molecule has 1 fully saturated rings. The van der Waals surface area contributed by atoms with Gasteiger partial charge in [-0.1, -0.05) is 60.7 Å². The number of hydrogen-bond acceptors (Lipinski definition) is 5. The minimum absolute atomic E-state index is 0.0881. The van der Waals surface area contributed by atoms with E-state index in [1.54, 1.807) is 36.0 Å². The molecular weight excluding hydrogens is 555 g/mol. The lowest BCUT2D eigenvalue weighted by molar-refractivity contribution is -0.128. The number of nitrogens with zero attached hydrogens (tertiary/aromatic N) is 1. The summed E-state index contributed by atoms with van der Waals surface area (Å²) >= 11 is 1.59. The highest BCUT2D eigenvalue weighted by atomic mass is 32.2. The number of anilines is 2. The monoisotopic (exact) mass is 585 g/mol. The molecule has 9 heteroatoms. The molecule has 2 N–H and O–H groups in total. The maximum absolute atomic E-state index is 12.9. The quantitative estimate of drug-likeness (QED) is 0.245. The first-order valence-corrected chi connectivity index (χ1v) is 15.8. The number of rotatable bonds is 9. The van der Waals surface area contributed by atoms with E-state index < -0.39 is 10.0 Å². The van der Waals surface area contributed by atoms with E-state index in [4.69, 9.17) is 0 Å². The van der Waals surface area contributed by atoms with Crippen molar-refractivity contribution in [2.24, 2.45) is 0 Å². The number of amides is 2. The van der Waals surface area contributed by atoms with Crippen molar-refractivity contribution in [2.75, 3.05) is 22.3 Å². The van der Waals surface area contributed by atoms with Crippen LogP contribution in [-0.4, -0.2) is 37.4 Å². The van der Waals surface area contributed by atoms with Crippen LogP contribution in [0.5, 0.6) is 0 Å². The first-order chi connectivity index (χ1) is 19.7. The fourth-order valence-corrected chi connectivity index (χ4v) is 7.18. The second-order valence-corrected chi connectivity index (χ2v) is 12.7. The standard InChI is InChI=1S/C32H31N3O4S2/c1-22-7-6-8-23(2)30(22)34-41(38,39)28-17-15-27(16-18-28)33-31(37)25-11-13-26(14-12-25)32-35(29(36)21-40-32)20-19-24-9-4-3-5-10-24/h3-18,32,34H,19-21H2,1-2H3,(H,33,37)/t32-/m1/s1. The fraction of sp³-hybridized carbons (Fsp3) is 0.188. The molecule has 1 atom stereocenters. The number of aryl methyl sites for hydroxylation is 2. The molecule has 1 aliphatic rings. The van der Waals surface area contributed by atoms with Crippen LogP contribution in [0, 0.1) is 13.8 Å². The zero-order chi connectivity index (χ0) is 29.0. The summed E-state index contributed by atoms with van der Waals surface area (Å²) in [6.45, 7) is 4.34. The summed E-state index contributed by atoms with van der Waals surface area (Å²) in [7, 11) is -3.79. The van der Waals surface area contributed by atoms with Gasteiger partial charge in [0.05, 0.1) is 16.3 Å². The largest absolute Gasteiger partial charge is 0.326 e. The Labute approximate surface area is 245 Å². The average molecular weight is 586 g/mol. The van der Waals surface area contributed by atoms with Crippen LogP contribution in [0.1, 0.15) is 38.0 Å². The van der Waals surface area contributed by atoms with E-state index in [9.17, 15) is 18.0 Å². The predicted molar refractivity (Wildman–Crippen MR) is 165 cm³/mol. The van der Waals surface area contributed by atoms with Gasteiger partial charge in [-0.3, -0.25) is 14.3 Å². The normalized spacial score (nSPS) is 15.1. The maximum atomic E-state index is 12.9. The average Bonchev–Trinajstić information content (AvgIpc) is 3.35. The Balaban J connectivity index is 1.22. The lowest BCUT2D eigenvalue weighted by Crippen LogP contribution is -2.30. The summed E-state index contributed by atoms with van der Waals surface area (Å²) in [4.78, 5) is 27.5. The smallest absolute Gasteiger partial charge is 0.261 e. The Morgan fingerprint density at radius 1 is 0.878 bits per heavy atom. The molecule has 0 spiro atoms. The SMILES string of the molecule is Cc1cccc(C)c1NS(=O)(=O)c1ccc(NC(=O)c2ccc([C@H]3SCC(=O)N3CCc3ccccc3)cc2)cc1. The molecule has 0 aliphatic carbocycles. The van der Waals surface area contributed by atoms with Crippen molar-refractivity contribution in [2.45, 2.75) is 30.5 Å². The molecule has 0 aromatic heterocycles. The summed E-state index contributed by atoms with van der Waals surface area (Å²) in [5.41, 5.74) is 5.33. The van der Waals surface area contributed by atoms with Crippen molar-refractivity contribution in [3.63, 3.8) is 0 Å². The van der Waals surface area contributed by atoms with Gasteiger partial charge in [0, 0.05) is 17.8 Å². The Morgan fingerprint density at radius 2 is 1.54 bits per heavy atom. The van der Waals surface area contributed by atoms with Crippen molar-refractivity contribution in [3.8, 4) is 0 Å². The molecule has 1 heterocycles. The molecule has 41 heavy (non-hydrogen) atoms. The summed E-state index contributed by atoms with van der Waals surface area (Å²) in [6, 6.07) is 29.0. The van der Waals surface area contributed by atoms with E-state index in [0.29, 0.717) is 29.2 Å². The predicted octanol–water partition coefficient (Wildman–Crippen LogP) is 6.17. The maximum Gasteiger partial charge on any atom is 0.261 e. The van der Waals surface area contributed by atoms with Crippen LogP contribution < -0.4 is 10.0 Å². The Hall–Kier alpha value is -4.08. The minimum Gasteiger partial charge on any atom is -0.326 e. The van der Waals surface area contributed by atoms with E-state index >= 15 is 0 Å². The molecule has 1 aliphatic heterocycles. The van der Waals surface area contributed by atoms with Gasteiger partial charge in [-0.25, -0.2) is 8.42 Å². The molecule has 4 aromatic carbocycles. The molecular formula is C32H31N3O4S2. The summed E-state index contributed by atoms with van der Waals surface area (Å²) in [5, 5.41) is 2.74. The third-order valence-corrected chi connectivity index (χ3v) is 9.67. The Bertz CT molecular complexity index is 1640. The molecule has 4 aromatic rings. The summed E-state index contributed by atoms with van der Waals surface area (Å²) in [6.07, 6.45) is 0.784. The molecule has 1 saturated heterocycles. The Morgan fingerprint density at radius 3 is 2.20 bits per heavy atom. The molecule has 0 radical (unpaired) electrons. The molecule has 5 rings (SSSR count). The number of para-hydroxylation sites is 1. The highest BCUT2D eigenvalue weighted by Gasteiger charge is 2.32. The lowest BCUT2D eigenvalue weighted by Gasteiger charge is -2.24. The van der Waals surface area contributed by atoms with Gasteiger partial charge in [0.25, 0.3) is 15.9 Å². The second-order valence-electron chi connectivity index (χ2n) is 9.96. The number of benzene rings is 4. The molecule has 0 saturated carbocycles.